The molecule has 0 amide bonds. The van der Waals surface area contributed by atoms with E-state index >= 15 is 0 Å². The van der Waals surface area contributed by atoms with Crippen LogP contribution in [-0.2, 0) is 4.79 Å². The molecule has 0 saturated carbocycles. The molecule has 2 aromatic rings. The third-order valence-electron chi connectivity index (χ3n) is 3.19. The van der Waals surface area contributed by atoms with Gasteiger partial charge < -0.3 is 10.4 Å². The Balaban J connectivity index is 2.43. The number of aliphatic carboxylic acids is 1. The lowest BCUT2D eigenvalue weighted by Crippen LogP contribution is -2.45. The third-order valence-corrected chi connectivity index (χ3v) is 3.19. The summed E-state index contributed by atoms with van der Waals surface area (Å²) < 4.78 is 1.69. The SMILES string of the molecule is CCC(CC)(Nc1nccn2cnnc12)C(=O)O. The Kier molecular flexibility index (Phi) is 3.14. The van der Waals surface area contributed by atoms with Crippen molar-refractivity contribution in [2.75, 3.05) is 5.32 Å². The molecule has 0 aromatic carbocycles. The molecule has 7 nitrogen and oxygen atoms in total. The first-order chi connectivity index (χ1) is 8.63. The van der Waals surface area contributed by atoms with Crippen molar-refractivity contribution >= 4 is 17.4 Å². The maximum atomic E-state index is 11.4. The van der Waals surface area contributed by atoms with Gasteiger partial charge in [0.2, 0.25) is 5.65 Å². The van der Waals surface area contributed by atoms with Crippen LogP contribution >= 0.6 is 0 Å². The third kappa shape index (κ3) is 1.87. The van der Waals surface area contributed by atoms with Gasteiger partial charge in [-0.25, -0.2) is 9.78 Å². The van der Waals surface area contributed by atoms with Gasteiger partial charge in [-0.15, -0.1) is 10.2 Å². The van der Waals surface area contributed by atoms with Gasteiger partial charge in [-0.2, -0.15) is 0 Å². The highest BCUT2D eigenvalue weighted by Crippen LogP contribution is 2.23. The standard InChI is InChI=1S/C11H15N5O2/c1-3-11(4-2,10(17)18)14-8-9-15-13-7-16(9)6-5-12-8/h5-7H,3-4H2,1-2H3,(H,12,14)(H,17,18). The lowest BCUT2D eigenvalue weighted by Gasteiger charge is -2.28. The zero-order valence-electron chi connectivity index (χ0n) is 10.3. The summed E-state index contributed by atoms with van der Waals surface area (Å²) in [6, 6.07) is 0. The van der Waals surface area contributed by atoms with Gasteiger partial charge in [-0.05, 0) is 12.8 Å². The first-order valence-corrected chi connectivity index (χ1v) is 5.79. The summed E-state index contributed by atoms with van der Waals surface area (Å²) in [5.74, 6) is -0.461. The smallest absolute Gasteiger partial charge is 0.329 e. The van der Waals surface area contributed by atoms with E-state index in [-0.39, 0.29) is 0 Å². The number of carboxylic acids is 1. The summed E-state index contributed by atoms with van der Waals surface area (Å²) in [5, 5.41) is 20.1. The summed E-state index contributed by atoms with van der Waals surface area (Å²) in [6.07, 6.45) is 5.74. The highest BCUT2D eigenvalue weighted by molar-refractivity contribution is 5.83. The zero-order valence-corrected chi connectivity index (χ0v) is 10.3. The van der Waals surface area contributed by atoms with E-state index < -0.39 is 11.5 Å². The number of aromatic nitrogens is 4. The number of carboxylic acid groups (broad SMARTS) is 1. The van der Waals surface area contributed by atoms with Crippen LogP contribution in [0.2, 0.25) is 0 Å². The predicted molar refractivity (Wildman–Crippen MR) is 65.4 cm³/mol. The number of nitrogens with one attached hydrogen (secondary N) is 1. The second kappa shape index (κ2) is 4.59. The molecular formula is C11H15N5O2. The van der Waals surface area contributed by atoms with E-state index in [1.54, 1.807) is 23.1 Å². The van der Waals surface area contributed by atoms with E-state index in [1.165, 1.54) is 0 Å². The van der Waals surface area contributed by atoms with Crippen molar-refractivity contribution in [1.82, 2.24) is 19.6 Å². The van der Waals surface area contributed by atoms with Crippen molar-refractivity contribution in [3.8, 4) is 0 Å². The summed E-state index contributed by atoms with van der Waals surface area (Å²) in [4.78, 5) is 15.6. The molecule has 0 aliphatic heterocycles. The fourth-order valence-corrected chi connectivity index (χ4v) is 1.86. The van der Waals surface area contributed by atoms with Crippen LogP contribution in [0.4, 0.5) is 5.82 Å². The quantitative estimate of drug-likeness (QED) is 0.826. The van der Waals surface area contributed by atoms with Crippen LogP contribution in [-0.4, -0.2) is 36.2 Å². The second-order valence-corrected chi connectivity index (χ2v) is 4.06. The van der Waals surface area contributed by atoms with Gasteiger partial charge in [0.1, 0.15) is 11.9 Å². The molecule has 7 heteroatoms. The lowest BCUT2D eigenvalue weighted by molar-refractivity contribution is -0.142. The minimum atomic E-state index is -1.03. The van der Waals surface area contributed by atoms with E-state index in [2.05, 4.69) is 20.5 Å². The molecule has 2 heterocycles. The summed E-state index contributed by atoms with van der Waals surface area (Å²) in [7, 11) is 0. The number of carbonyl (C=O) groups is 1. The summed E-state index contributed by atoms with van der Waals surface area (Å²) in [5.41, 5.74) is -0.508. The monoisotopic (exact) mass is 249 g/mol. The predicted octanol–water partition coefficient (Wildman–Crippen LogP) is 1.18. The van der Waals surface area contributed by atoms with Gasteiger partial charge in [0, 0.05) is 12.4 Å². The normalized spacial score (nSPS) is 11.7. The minimum absolute atomic E-state index is 0.432. The molecule has 0 unspecified atom stereocenters. The van der Waals surface area contributed by atoms with Crippen molar-refractivity contribution in [2.24, 2.45) is 0 Å². The van der Waals surface area contributed by atoms with Crippen LogP contribution in [0.5, 0.6) is 0 Å². The van der Waals surface area contributed by atoms with E-state index in [9.17, 15) is 9.90 Å². The number of fused-ring (bicyclic) bond motifs is 1. The van der Waals surface area contributed by atoms with Crippen LogP contribution < -0.4 is 5.32 Å². The number of nitrogens with zero attached hydrogens (tertiary/aromatic N) is 4. The van der Waals surface area contributed by atoms with E-state index in [0.717, 1.165) is 0 Å². The molecule has 0 atom stereocenters. The van der Waals surface area contributed by atoms with Gasteiger partial charge >= 0.3 is 5.97 Å². The second-order valence-electron chi connectivity index (χ2n) is 4.06. The Morgan fingerprint density at radius 3 is 2.83 bits per heavy atom. The van der Waals surface area contributed by atoms with E-state index in [0.29, 0.717) is 24.3 Å². The molecule has 2 aromatic heterocycles. The molecule has 0 fully saturated rings. The van der Waals surface area contributed by atoms with Crippen LogP contribution in [0.25, 0.3) is 5.65 Å². The van der Waals surface area contributed by atoms with Crippen LogP contribution in [0, 0.1) is 0 Å². The van der Waals surface area contributed by atoms with Gasteiger partial charge in [0.05, 0.1) is 0 Å². The van der Waals surface area contributed by atoms with Crippen LogP contribution in [0.3, 0.4) is 0 Å². The molecule has 0 aliphatic carbocycles. The number of hydrogen-bond donors (Lipinski definition) is 2. The van der Waals surface area contributed by atoms with Crippen molar-refractivity contribution < 1.29 is 9.90 Å². The zero-order chi connectivity index (χ0) is 13.2. The van der Waals surface area contributed by atoms with Crippen molar-refractivity contribution in [2.45, 2.75) is 32.2 Å². The van der Waals surface area contributed by atoms with Crippen molar-refractivity contribution in [1.29, 1.82) is 0 Å². The Labute approximate surface area is 104 Å². The fourth-order valence-electron chi connectivity index (χ4n) is 1.86. The lowest BCUT2D eigenvalue weighted by atomic mass is 9.93. The Morgan fingerprint density at radius 2 is 2.22 bits per heavy atom. The van der Waals surface area contributed by atoms with E-state index in [4.69, 9.17) is 0 Å². The molecule has 0 bridgehead atoms. The highest BCUT2D eigenvalue weighted by atomic mass is 16.4. The molecule has 0 saturated heterocycles. The van der Waals surface area contributed by atoms with Gasteiger partial charge in [0.25, 0.3) is 0 Å². The van der Waals surface area contributed by atoms with Crippen molar-refractivity contribution in [3.63, 3.8) is 0 Å². The molecule has 0 radical (unpaired) electrons. The summed E-state index contributed by atoms with van der Waals surface area (Å²) >= 11 is 0. The van der Waals surface area contributed by atoms with Crippen LogP contribution in [0.15, 0.2) is 18.7 Å². The van der Waals surface area contributed by atoms with Crippen molar-refractivity contribution in [3.05, 3.63) is 18.7 Å². The Hall–Kier alpha value is -2.18. The molecule has 0 aliphatic rings. The Morgan fingerprint density at radius 1 is 1.50 bits per heavy atom. The van der Waals surface area contributed by atoms with E-state index in [1.807, 2.05) is 13.8 Å². The average molecular weight is 249 g/mol. The number of rotatable bonds is 5. The van der Waals surface area contributed by atoms with Gasteiger partial charge in [0.15, 0.2) is 5.82 Å². The topological polar surface area (TPSA) is 92.4 Å². The first kappa shape index (κ1) is 12.3. The number of anilines is 1. The fraction of sp³-hybridized carbons (Fsp3) is 0.455. The first-order valence-electron chi connectivity index (χ1n) is 5.79. The largest absolute Gasteiger partial charge is 0.480 e. The number of hydrogen-bond acceptors (Lipinski definition) is 5. The molecule has 2 rings (SSSR count). The molecule has 0 spiro atoms. The molecule has 2 N–H and O–H groups in total. The Bertz CT molecular complexity index is 561. The molecule has 18 heavy (non-hydrogen) atoms. The maximum absolute atomic E-state index is 11.4. The molecular weight excluding hydrogens is 234 g/mol. The van der Waals surface area contributed by atoms with Gasteiger partial charge in [-0.3, -0.25) is 4.40 Å². The molecule has 96 valence electrons. The summed E-state index contributed by atoms with van der Waals surface area (Å²) in [6.45, 7) is 3.66. The maximum Gasteiger partial charge on any atom is 0.329 e. The highest BCUT2D eigenvalue weighted by Gasteiger charge is 2.35. The minimum Gasteiger partial charge on any atom is -0.480 e. The average Bonchev–Trinajstić information content (AvgIpc) is 2.84. The van der Waals surface area contributed by atoms with Gasteiger partial charge in [-0.1, -0.05) is 13.8 Å². The van der Waals surface area contributed by atoms with Crippen LogP contribution in [0.1, 0.15) is 26.7 Å².